The highest BCUT2D eigenvalue weighted by atomic mass is 16.5. The van der Waals surface area contributed by atoms with Gasteiger partial charge in [-0.3, -0.25) is 0 Å². The van der Waals surface area contributed by atoms with Crippen LogP contribution in [0.3, 0.4) is 0 Å². The zero-order chi connectivity index (χ0) is 10.9. The Kier molecular flexibility index (Phi) is 2.81. The second-order valence-corrected chi connectivity index (χ2v) is 4.86. The maximum atomic E-state index is 9.56. The van der Waals surface area contributed by atoms with Gasteiger partial charge in [-0.05, 0) is 5.56 Å². The summed E-state index contributed by atoms with van der Waals surface area (Å²) in [6.07, 6.45) is 0.741. The molecule has 2 atom stereocenters. The predicted molar refractivity (Wildman–Crippen MR) is 59.4 cm³/mol. The van der Waals surface area contributed by atoms with Gasteiger partial charge in [0.1, 0.15) is 0 Å². The van der Waals surface area contributed by atoms with E-state index in [2.05, 4.69) is 26.0 Å². The van der Waals surface area contributed by atoms with Gasteiger partial charge in [-0.15, -0.1) is 0 Å². The van der Waals surface area contributed by atoms with Gasteiger partial charge >= 0.3 is 0 Å². The number of ether oxygens (including phenoxy) is 1. The Morgan fingerprint density at radius 2 is 2.00 bits per heavy atom. The average Bonchev–Trinajstić information content (AvgIpc) is 2.25. The maximum Gasteiger partial charge on any atom is 0.0720 e. The number of aliphatic hydroxyl groups excluding tert-OH is 1. The molecule has 2 rings (SSSR count). The standard InChI is InChI=1S/C13H18O2/c1-13(2)11(14)8-12(13)15-9-10-6-4-3-5-7-10/h3-7,11-12,14H,8-9H2,1-2H3. The molecule has 0 aromatic heterocycles. The van der Waals surface area contributed by atoms with Crippen LogP contribution >= 0.6 is 0 Å². The van der Waals surface area contributed by atoms with Gasteiger partial charge in [0.2, 0.25) is 0 Å². The van der Waals surface area contributed by atoms with Crippen molar-refractivity contribution in [3.8, 4) is 0 Å². The third-order valence-corrected chi connectivity index (χ3v) is 3.42. The summed E-state index contributed by atoms with van der Waals surface area (Å²) in [5, 5.41) is 9.56. The van der Waals surface area contributed by atoms with Crippen LogP contribution in [0.4, 0.5) is 0 Å². The topological polar surface area (TPSA) is 29.5 Å². The lowest BCUT2D eigenvalue weighted by Crippen LogP contribution is -2.54. The van der Waals surface area contributed by atoms with Crippen LogP contribution < -0.4 is 0 Å². The van der Waals surface area contributed by atoms with Gasteiger partial charge in [-0.1, -0.05) is 44.2 Å². The van der Waals surface area contributed by atoms with E-state index in [0.717, 1.165) is 6.42 Å². The Balaban J connectivity index is 1.85. The first-order valence-corrected chi connectivity index (χ1v) is 5.44. The van der Waals surface area contributed by atoms with Crippen molar-refractivity contribution in [3.63, 3.8) is 0 Å². The van der Waals surface area contributed by atoms with E-state index < -0.39 is 0 Å². The molecule has 0 bridgehead atoms. The molecule has 0 radical (unpaired) electrons. The van der Waals surface area contributed by atoms with E-state index in [1.54, 1.807) is 0 Å². The average molecular weight is 206 g/mol. The fourth-order valence-electron chi connectivity index (χ4n) is 1.92. The zero-order valence-corrected chi connectivity index (χ0v) is 9.31. The fourth-order valence-corrected chi connectivity index (χ4v) is 1.92. The summed E-state index contributed by atoms with van der Waals surface area (Å²) in [6.45, 7) is 4.75. The Labute approximate surface area is 90.9 Å². The van der Waals surface area contributed by atoms with Crippen molar-refractivity contribution in [1.82, 2.24) is 0 Å². The van der Waals surface area contributed by atoms with Crippen LogP contribution in [-0.2, 0) is 11.3 Å². The smallest absolute Gasteiger partial charge is 0.0720 e. The monoisotopic (exact) mass is 206 g/mol. The molecule has 1 aromatic carbocycles. The van der Waals surface area contributed by atoms with Crippen molar-refractivity contribution in [1.29, 1.82) is 0 Å². The van der Waals surface area contributed by atoms with E-state index >= 15 is 0 Å². The summed E-state index contributed by atoms with van der Waals surface area (Å²) in [5.74, 6) is 0. The largest absolute Gasteiger partial charge is 0.392 e. The number of rotatable bonds is 3. The number of aliphatic hydroxyl groups is 1. The molecule has 1 fully saturated rings. The fraction of sp³-hybridized carbons (Fsp3) is 0.538. The Morgan fingerprint density at radius 3 is 2.53 bits per heavy atom. The first-order valence-electron chi connectivity index (χ1n) is 5.44. The lowest BCUT2D eigenvalue weighted by atomic mass is 9.66. The van der Waals surface area contributed by atoms with Crippen molar-refractivity contribution in [2.24, 2.45) is 5.41 Å². The second kappa shape index (κ2) is 3.95. The third-order valence-electron chi connectivity index (χ3n) is 3.42. The second-order valence-electron chi connectivity index (χ2n) is 4.86. The van der Waals surface area contributed by atoms with Crippen LogP contribution in [0.5, 0.6) is 0 Å². The van der Waals surface area contributed by atoms with Gasteiger partial charge in [0.15, 0.2) is 0 Å². The molecule has 15 heavy (non-hydrogen) atoms. The SMILES string of the molecule is CC1(C)C(O)CC1OCc1ccccc1. The van der Waals surface area contributed by atoms with E-state index in [1.807, 2.05) is 18.2 Å². The van der Waals surface area contributed by atoms with Crippen LogP contribution in [0.2, 0.25) is 0 Å². The third kappa shape index (κ3) is 2.06. The van der Waals surface area contributed by atoms with Crippen molar-refractivity contribution in [2.75, 3.05) is 0 Å². The molecule has 2 unspecified atom stereocenters. The Bertz CT molecular complexity index is 319. The summed E-state index contributed by atoms with van der Waals surface area (Å²) in [6, 6.07) is 10.1. The molecule has 1 aliphatic rings. The molecular formula is C13H18O2. The molecule has 2 heteroatoms. The molecule has 1 N–H and O–H groups in total. The van der Waals surface area contributed by atoms with Crippen LogP contribution in [0.25, 0.3) is 0 Å². The maximum absolute atomic E-state index is 9.56. The molecule has 0 spiro atoms. The number of hydrogen-bond donors (Lipinski definition) is 1. The highest BCUT2D eigenvalue weighted by molar-refractivity contribution is 5.13. The summed E-state index contributed by atoms with van der Waals surface area (Å²) < 4.78 is 5.79. The van der Waals surface area contributed by atoms with E-state index in [0.29, 0.717) is 6.61 Å². The van der Waals surface area contributed by atoms with Crippen LogP contribution in [0, 0.1) is 5.41 Å². The van der Waals surface area contributed by atoms with Crippen molar-refractivity contribution in [2.45, 2.75) is 39.1 Å². The van der Waals surface area contributed by atoms with Gasteiger partial charge in [-0.2, -0.15) is 0 Å². The van der Waals surface area contributed by atoms with Crippen molar-refractivity contribution in [3.05, 3.63) is 35.9 Å². The Hall–Kier alpha value is -0.860. The first-order chi connectivity index (χ1) is 7.10. The Morgan fingerprint density at radius 1 is 1.33 bits per heavy atom. The quantitative estimate of drug-likeness (QED) is 0.822. The summed E-state index contributed by atoms with van der Waals surface area (Å²) in [5.41, 5.74) is 1.10. The molecule has 0 amide bonds. The van der Waals surface area contributed by atoms with Crippen molar-refractivity contribution < 1.29 is 9.84 Å². The summed E-state index contributed by atoms with van der Waals surface area (Å²) in [4.78, 5) is 0. The van der Waals surface area contributed by atoms with Gasteiger partial charge in [-0.25, -0.2) is 0 Å². The van der Waals surface area contributed by atoms with Crippen LogP contribution in [0.15, 0.2) is 30.3 Å². The minimum Gasteiger partial charge on any atom is -0.392 e. The molecule has 82 valence electrons. The first kappa shape index (κ1) is 10.7. The molecule has 0 aliphatic heterocycles. The van der Waals surface area contributed by atoms with E-state index in [1.165, 1.54) is 5.56 Å². The van der Waals surface area contributed by atoms with Crippen LogP contribution in [-0.4, -0.2) is 17.3 Å². The highest BCUT2D eigenvalue weighted by Gasteiger charge is 2.48. The van der Waals surface area contributed by atoms with Gasteiger partial charge in [0.05, 0.1) is 18.8 Å². The zero-order valence-electron chi connectivity index (χ0n) is 9.31. The van der Waals surface area contributed by atoms with Crippen LogP contribution in [0.1, 0.15) is 25.8 Å². The molecule has 1 aromatic rings. The lowest BCUT2D eigenvalue weighted by molar-refractivity contribution is -0.179. The molecule has 2 nitrogen and oxygen atoms in total. The summed E-state index contributed by atoms with van der Waals surface area (Å²) in [7, 11) is 0. The minimum absolute atomic E-state index is 0.0885. The molecular weight excluding hydrogens is 188 g/mol. The summed E-state index contributed by atoms with van der Waals surface area (Å²) >= 11 is 0. The van der Waals surface area contributed by atoms with E-state index in [-0.39, 0.29) is 17.6 Å². The van der Waals surface area contributed by atoms with Gasteiger partial charge < -0.3 is 9.84 Å². The molecule has 0 saturated heterocycles. The molecule has 0 heterocycles. The molecule has 1 saturated carbocycles. The number of benzene rings is 1. The van der Waals surface area contributed by atoms with E-state index in [4.69, 9.17) is 4.74 Å². The minimum atomic E-state index is -0.210. The van der Waals surface area contributed by atoms with Gasteiger partial charge in [0, 0.05) is 11.8 Å². The lowest BCUT2D eigenvalue weighted by Gasteiger charge is -2.48. The van der Waals surface area contributed by atoms with E-state index in [9.17, 15) is 5.11 Å². The molecule has 1 aliphatic carbocycles. The normalized spacial score (nSPS) is 28.5. The number of hydrogen-bond acceptors (Lipinski definition) is 2. The van der Waals surface area contributed by atoms with Gasteiger partial charge in [0.25, 0.3) is 0 Å². The van der Waals surface area contributed by atoms with Crippen molar-refractivity contribution >= 4 is 0 Å². The predicted octanol–water partition coefficient (Wildman–Crippen LogP) is 2.36. The highest BCUT2D eigenvalue weighted by Crippen LogP contribution is 2.42.